The second-order valence-corrected chi connectivity index (χ2v) is 11.3. The van der Waals surface area contributed by atoms with Crippen LogP contribution in [-0.4, -0.2) is 98.3 Å². The summed E-state index contributed by atoms with van der Waals surface area (Å²) in [5.74, 6) is -0.0495. The lowest BCUT2D eigenvalue weighted by atomic mass is 9.94. The van der Waals surface area contributed by atoms with E-state index in [4.69, 9.17) is 13.9 Å². The van der Waals surface area contributed by atoms with Crippen LogP contribution in [0.25, 0.3) is 0 Å². The average Bonchev–Trinajstić information content (AvgIpc) is 3.47. The lowest BCUT2D eigenvalue weighted by molar-refractivity contribution is -0.127. The van der Waals surface area contributed by atoms with E-state index in [0.29, 0.717) is 57.3 Å². The van der Waals surface area contributed by atoms with Gasteiger partial charge in [0.05, 0.1) is 33.0 Å². The predicted molar refractivity (Wildman–Crippen MR) is 152 cm³/mol. The molecule has 0 bridgehead atoms. The molecule has 1 aromatic heterocycles. The molecule has 1 saturated carbocycles. The van der Waals surface area contributed by atoms with Crippen LogP contribution in [0.4, 0.5) is 4.39 Å². The van der Waals surface area contributed by atoms with Crippen molar-refractivity contribution in [2.24, 2.45) is 0 Å². The fourth-order valence-electron chi connectivity index (χ4n) is 5.98. The Morgan fingerprint density at radius 3 is 2.24 bits per heavy atom. The van der Waals surface area contributed by atoms with Gasteiger partial charge in [-0.3, -0.25) is 19.4 Å². The minimum Gasteiger partial charge on any atom is -0.455 e. The molecule has 2 saturated heterocycles. The zero-order valence-electron chi connectivity index (χ0n) is 23.9. The molecular weight excluding hydrogens is 527 g/mol. The number of halogens is 1. The molecule has 0 radical (unpaired) electrons. The van der Waals surface area contributed by atoms with Crippen LogP contribution in [0.15, 0.2) is 40.8 Å². The van der Waals surface area contributed by atoms with Crippen LogP contribution >= 0.6 is 0 Å². The van der Waals surface area contributed by atoms with Crippen LogP contribution in [0, 0.1) is 5.82 Å². The molecule has 2 aromatic rings. The van der Waals surface area contributed by atoms with E-state index < -0.39 is 6.04 Å². The van der Waals surface area contributed by atoms with Gasteiger partial charge < -0.3 is 24.1 Å². The molecule has 1 N–H and O–H groups in total. The SMILES string of the molecule is O=C(NC1CCCCC1)[C@@H](c1ccc(F)cc1)N(CCCN1CCOCC1)C(=O)c1ccc(CN2CCOCC2)o1. The molecular formula is C31H43FN4O5. The van der Waals surface area contributed by atoms with Crippen molar-refractivity contribution < 1.29 is 27.9 Å². The molecule has 41 heavy (non-hydrogen) atoms. The number of ether oxygens (including phenoxy) is 2. The molecule has 1 atom stereocenters. The summed E-state index contributed by atoms with van der Waals surface area (Å²) >= 11 is 0. The first-order chi connectivity index (χ1) is 20.1. The largest absolute Gasteiger partial charge is 0.455 e. The number of carbonyl (C=O) groups excluding carboxylic acids is 2. The van der Waals surface area contributed by atoms with Crippen LogP contribution < -0.4 is 5.32 Å². The Balaban J connectivity index is 1.38. The molecule has 3 fully saturated rings. The van der Waals surface area contributed by atoms with E-state index in [1.165, 1.54) is 18.6 Å². The lowest BCUT2D eigenvalue weighted by Gasteiger charge is -2.34. The molecule has 0 spiro atoms. The third-order valence-corrected chi connectivity index (χ3v) is 8.29. The van der Waals surface area contributed by atoms with Crippen molar-refractivity contribution in [2.45, 2.75) is 57.2 Å². The molecule has 224 valence electrons. The highest BCUT2D eigenvalue weighted by molar-refractivity contribution is 5.96. The maximum Gasteiger partial charge on any atom is 0.290 e. The standard InChI is InChI=1S/C31H43FN4O5/c32-25-9-7-24(8-10-25)29(30(37)33-26-5-2-1-3-6-26)36(14-4-13-34-15-19-39-20-16-34)31(38)28-12-11-27(41-28)23-35-17-21-40-22-18-35/h7-12,26,29H,1-6,13-23H2,(H,33,37)/t29-/m1/s1. The van der Waals surface area contributed by atoms with Crippen LogP contribution in [-0.2, 0) is 20.8 Å². The number of benzene rings is 1. The highest BCUT2D eigenvalue weighted by atomic mass is 19.1. The lowest BCUT2D eigenvalue weighted by Crippen LogP contribution is -2.48. The van der Waals surface area contributed by atoms with E-state index in [0.717, 1.165) is 58.4 Å². The Morgan fingerprint density at radius 1 is 0.902 bits per heavy atom. The highest BCUT2D eigenvalue weighted by Crippen LogP contribution is 2.27. The van der Waals surface area contributed by atoms with Crippen molar-refractivity contribution in [3.8, 4) is 0 Å². The topological polar surface area (TPSA) is 87.5 Å². The number of amides is 2. The number of hydrogen-bond donors (Lipinski definition) is 1. The van der Waals surface area contributed by atoms with Crippen LogP contribution in [0.3, 0.4) is 0 Å². The summed E-state index contributed by atoms with van der Waals surface area (Å²) in [6.45, 7) is 7.81. The van der Waals surface area contributed by atoms with Crippen molar-refractivity contribution in [3.05, 3.63) is 59.3 Å². The smallest absolute Gasteiger partial charge is 0.290 e. The zero-order chi connectivity index (χ0) is 28.4. The second-order valence-electron chi connectivity index (χ2n) is 11.3. The summed E-state index contributed by atoms with van der Waals surface area (Å²) in [6, 6.07) is 8.62. The summed E-state index contributed by atoms with van der Waals surface area (Å²) in [5.41, 5.74) is 0.583. The van der Waals surface area contributed by atoms with Gasteiger partial charge in [-0.05, 0) is 49.1 Å². The Bertz CT molecular complexity index is 1110. The van der Waals surface area contributed by atoms with Gasteiger partial charge in [0.25, 0.3) is 5.91 Å². The monoisotopic (exact) mass is 570 g/mol. The van der Waals surface area contributed by atoms with E-state index in [1.54, 1.807) is 23.1 Å². The molecule has 9 nitrogen and oxygen atoms in total. The van der Waals surface area contributed by atoms with Gasteiger partial charge in [-0.2, -0.15) is 0 Å². The number of furan rings is 1. The predicted octanol–water partition coefficient (Wildman–Crippen LogP) is 3.61. The summed E-state index contributed by atoms with van der Waals surface area (Å²) in [6.07, 6.45) is 5.86. The number of carbonyl (C=O) groups is 2. The first kappa shape index (κ1) is 29.7. The number of rotatable bonds is 11. The first-order valence-electron chi connectivity index (χ1n) is 15.1. The van der Waals surface area contributed by atoms with Gasteiger partial charge in [0.1, 0.15) is 17.6 Å². The summed E-state index contributed by atoms with van der Waals surface area (Å²) < 4.78 is 30.9. The van der Waals surface area contributed by atoms with E-state index in [9.17, 15) is 14.0 Å². The Hall–Kier alpha value is -2.79. The highest BCUT2D eigenvalue weighted by Gasteiger charge is 2.34. The first-order valence-corrected chi connectivity index (χ1v) is 15.1. The van der Waals surface area contributed by atoms with Gasteiger partial charge >= 0.3 is 0 Å². The fourth-order valence-corrected chi connectivity index (χ4v) is 5.98. The normalized spacial score (nSPS) is 20.0. The van der Waals surface area contributed by atoms with Crippen LogP contribution in [0.2, 0.25) is 0 Å². The molecule has 5 rings (SSSR count). The van der Waals surface area contributed by atoms with Crippen molar-refractivity contribution in [3.63, 3.8) is 0 Å². The molecule has 2 aliphatic heterocycles. The van der Waals surface area contributed by atoms with E-state index >= 15 is 0 Å². The maximum absolute atomic E-state index is 14.1. The maximum atomic E-state index is 14.1. The molecule has 3 aliphatic rings. The van der Waals surface area contributed by atoms with Gasteiger partial charge in [0.2, 0.25) is 5.91 Å². The molecule has 1 aliphatic carbocycles. The third kappa shape index (κ3) is 8.38. The van der Waals surface area contributed by atoms with Crippen LogP contribution in [0.1, 0.15) is 66.4 Å². The van der Waals surface area contributed by atoms with Gasteiger partial charge in [0.15, 0.2) is 5.76 Å². The molecule has 0 unspecified atom stereocenters. The van der Waals surface area contributed by atoms with Gasteiger partial charge in [-0.1, -0.05) is 31.4 Å². The average molecular weight is 571 g/mol. The Kier molecular flexibility index (Phi) is 10.8. The number of hydrogen-bond acceptors (Lipinski definition) is 7. The number of nitrogens with zero attached hydrogens (tertiary/aromatic N) is 3. The Labute approximate surface area is 241 Å². The van der Waals surface area contributed by atoms with Gasteiger partial charge in [-0.15, -0.1) is 0 Å². The second kappa shape index (κ2) is 14.9. The van der Waals surface area contributed by atoms with E-state index in [2.05, 4.69) is 15.1 Å². The molecule has 3 heterocycles. The molecule has 2 amide bonds. The minimum atomic E-state index is -0.900. The minimum absolute atomic E-state index is 0.0771. The van der Waals surface area contributed by atoms with Crippen molar-refractivity contribution in [1.29, 1.82) is 0 Å². The number of nitrogens with one attached hydrogen (secondary N) is 1. The van der Waals surface area contributed by atoms with Gasteiger partial charge in [0, 0.05) is 45.3 Å². The molecule has 10 heteroatoms. The fraction of sp³-hybridized carbons (Fsp3) is 0.613. The van der Waals surface area contributed by atoms with Gasteiger partial charge in [-0.25, -0.2) is 4.39 Å². The quantitative estimate of drug-likeness (QED) is 0.442. The Morgan fingerprint density at radius 2 is 1.56 bits per heavy atom. The van der Waals surface area contributed by atoms with E-state index in [1.807, 2.05) is 6.07 Å². The zero-order valence-corrected chi connectivity index (χ0v) is 23.9. The van der Waals surface area contributed by atoms with Crippen molar-refractivity contribution >= 4 is 11.8 Å². The molecule has 1 aromatic carbocycles. The summed E-state index contributed by atoms with van der Waals surface area (Å²) in [7, 11) is 0. The van der Waals surface area contributed by atoms with Crippen molar-refractivity contribution in [1.82, 2.24) is 20.0 Å². The van der Waals surface area contributed by atoms with Crippen LogP contribution in [0.5, 0.6) is 0 Å². The van der Waals surface area contributed by atoms with E-state index in [-0.39, 0.29) is 29.4 Å². The summed E-state index contributed by atoms with van der Waals surface area (Å²) in [5, 5.41) is 3.22. The summed E-state index contributed by atoms with van der Waals surface area (Å²) in [4.78, 5) is 34.2. The third-order valence-electron chi connectivity index (χ3n) is 8.29. The van der Waals surface area contributed by atoms with Crippen molar-refractivity contribution in [2.75, 3.05) is 65.7 Å². The number of morpholine rings is 2.